The largest absolute Gasteiger partial charge is 0.381 e. The normalized spacial score (nSPS) is 22.5. The van der Waals surface area contributed by atoms with Crippen LogP contribution in [0.3, 0.4) is 0 Å². The highest BCUT2D eigenvalue weighted by Crippen LogP contribution is 2.21. The van der Waals surface area contributed by atoms with Gasteiger partial charge in [0.05, 0.1) is 5.54 Å². The van der Waals surface area contributed by atoms with Gasteiger partial charge in [-0.1, -0.05) is 0 Å². The summed E-state index contributed by atoms with van der Waals surface area (Å²) >= 11 is 0. The lowest BCUT2D eigenvalue weighted by molar-refractivity contribution is -0.142. The van der Waals surface area contributed by atoms with Gasteiger partial charge in [0, 0.05) is 58.3 Å². The van der Waals surface area contributed by atoms with E-state index in [0.29, 0.717) is 26.1 Å². The Kier molecular flexibility index (Phi) is 4.71. The smallest absolute Gasteiger partial charge is 0.242 e. The van der Waals surface area contributed by atoms with Gasteiger partial charge in [0.2, 0.25) is 5.91 Å². The van der Waals surface area contributed by atoms with Crippen LogP contribution in [0.2, 0.25) is 0 Å². The standard InChI is InChI=1S/C16H24N4O2/c17-16(3-11-22-12-4-16)15(21)20-9-7-19(8-10-20)13-14-1-5-18-6-2-14/h1-2,5-6H,3-4,7-13,17H2. The topological polar surface area (TPSA) is 71.7 Å². The Balaban J connectivity index is 1.52. The molecular weight excluding hydrogens is 280 g/mol. The van der Waals surface area contributed by atoms with Gasteiger partial charge < -0.3 is 15.4 Å². The Hall–Kier alpha value is -1.50. The van der Waals surface area contributed by atoms with Crippen molar-refractivity contribution in [3.63, 3.8) is 0 Å². The van der Waals surface area contributed by atoms with Crippen LogP contribution in [-0.2, 0) is 16.1 Å². The summed E-state index contributed by atoms with van der Waals surface area (Å²) in [6.07, 6.45) is 4.89. The van der Waals surface area contributed by atoms with Gasteiger partial charge in [-0.15, -0.1) is 0 Å². The summed E-state index contributed by atoms with van der Waals surface area (Å²) in [6, 6.07) is 4.07. The summed E-state index contributed by atoms with van der Waals surface area (Å²) in [5, 5.41) is 0. The molecule has 2 aliphatic heterocycles. The quantitative estimate of drug-likeness (QED) is 0.866. The van der Waals surface area contributed by atoms with E-state index in [1.807, 2.05) is 29.4 Å². The van der Waals surface area contributed by atoms with E-state index in [2.05, 4.69) is 9.88 Å². The van der Waals surface area contributed by atoms with E-state index in [9.17, 15) is 4.79 Å². The monoisotopic (exact) mass is 304 g/mol. The van der Waals surface area contributed by atoms with E-state index in [-0.39, 0.29) is 5.91 Å². The molecule has 0 radical (unpaired) electrons. The van der Waals surface area contributed by atoms with E-state index in [1.54, 1.807) is 0 Å². The van der Waals surface area contributed by atoms with Crippen molar-refractivity contribution in [3.05, 3.63) is 30.1 Å². The number of piperazine rings is 1. The van der Waals surface area contributed by atoms with Crippen molar-refractivity contribution < 1.29 is 9.53 Å². The Morgan fingerprint density at radius 1 is 1.18 bits per heavy atom. The average Bonchev–Trinajstić information content (AvgIpc) is 2.56. The zero-order valence-electron chi connectivity index (χ0n) is 12.9. The van der Waals surface area contributed by atoms with Crippen molar-refractivity contribution >= 4 is 5.91 Å². The van der Waals surface area contributed by atoms with Gasteiger partial charge in [0.15, 0.2) is 0 Å². The van der Waals surface area contributed by atoms with Crippen molar-refractivity contribution in [3.8, 4) is 0 Å². The number of hydrogen-bond donors (Lipinski definition) is 1. The molecule has 6 nitrogen and oxygen atoms in total. The van der Waals surface area contributed by atoms with Gasteiger partial charge in [-0.2, -0.15) is 0 Å². The Bertz CT molecular complexity index is 494. The maximum atomic E-state index is 12.7. The molecule has 2 N–H and O–H groups in total. The maximum Gasteiger partial charge on any atom is 0.242 e. The first-order valence-electron chi connectivity index (χ1n) is 7.95. The maximum absolute atomic E-state index is 12.7. The van der Waals surface area contributed by atoms with Crippen LogP contribution in [0, 0.1) is 0 Å². The molecule has 2 saturated heterocycles. The highest BCUT2D eigenvalue weighted by molar-refractivity contribution is 5.86. The first-order chi connectivity index (χ1) is 10.7. The molecule has 0 bridgehead atoms. The molecule has 22 heavy (non-hydrogen) atoms. The molecule has 3 rings (SSSR count). The highest BCUT2D eigenvalue weighted by Gasteiger charge is 2.39. The molecule has 3 heterocycles. The van der Waals surface area contributed by atoms with Crippen molar-refractivity contribution in [2.75, 3.05) is 39.4 Å². The van der Waals surface area contributed by atoms with E-state index in [1.165, 1.54) is 5.56 Å². The molecule has 1 aromatic heterocycles. The van der Waals surface area contributed by atoms with Crippen LogP contribution >= 0.6 is 0 Å². The Morgan fingerprint density at radius 3 is 2.45 bits per heavy atom. The van der Waals surface area contributed by atoms with Gasteiger partial charge in [-0.05, 0) is 30.5 Å². The molecule has 2 fully saturated rings. The van der Waals surface area contributed by atoms with Crippen LogP contribution in [0.1, 0.15) is 18.4 Å². The number of pyridine rings is 1. The lowest BCUT2D eigenvalue weighted by Gasteiger charge is -2.41. The molecule has 1 amide bonds. The summed E-state index contributed by atoms with van der Waals surface area (Å²) in [7, 11) is 0. The average molecular weight is 304 g/mol. The lowest BCUT2D eigenvalue weighted by Crippen LogP contribution is -2.61. The minimum absolute atomic E-state index is 0.0966. The minimum Gasteiger partial charge on any atom is -0.381 e. The van der Waals surface area contributed by atoms with Crippen LogP contribution in [0.15, 0.2) is 24.5 Å². The summed E-state index contributed by atoms with van der Waals surface area (Å²) in [4.78, 5) is 21.0. The molecule has 0 unspecified atom stereocenters. The number of ether oxygens (including phenoxy) is 1. The Morgan fingerprint density at radius 2 is 1.82 bits per heavy atom. The second-order valence-corrected chi connectivity index (χ2v) is 6.19. The van der Waals surface area contributed by atoms with Gasteiger partial charge in [-0.25, -0.2) is 0 Å². The fraction of sp³-hybridized carbons (Fsp3) is 0.625. The molecule has 0 aromatic carbocycles. The molecule has 0 aliphatic carbocycles. The molecule has 120 valence electrons. The van der Waals surface area contributed by atoms with Crippen LogP contribution < -0.4 is 5.73 Å². The van der Waals surface area contributed by atoms with Crippen molar-refractivity contribution in [2.45, 2.75) is 24.9 Å². The third kappa shape index (κ3) is 3.45. The first kappa shape index (κ1) is 15.4. The summed E-state index contributed by atoms with van der Waals surface area (Å²) in [6.45, 7) is 5.37. The predicted molar refractivity (Wildman–Crippen MR) is 83.1 cm³/mol. The fourth-order valence-electron chi connectivity index (χ4n) is 3.12. The number of carbonyl (C=O) groups excluding carboxylic acids is 1. The van der Waals surface area contributed by atoms with E-state index >= 15 is 0 Å². The van der Waals surface area contributed by atoms with E-state index < -0.39 is 5.54 Å². The number of amides is 1. The zero-order valence-corrected chi connectivity index (χ0v) is 12.9. The molecule has 0 saturated carbocycles. The molecule has 0 atom stereocenters. The van der Waals surface area contributed by atoms with Crippen molar-refractivity contribution in [1.29, 1.82) is 0 Å². The van der Waals surface area contributed by atoms with Gasteiger partial charge in [-0.3, -0.25) is 14.7 Å². The SMILES string of the molecule is NC1(C(=O)N2CCN(Cc3ccncc3)CC2)CCOCC1. The number of hydrogen-bond acceptors (Lipinski definition) is 5. The second-order valence-electron chi connectivity index (χ2n) is 6.19. The van der Waals surface area contributed by atoms with Gasteiger partial charge in [0.25, 0.3) is 0 Å². The van der Waals surface area contributed by atoms with Gasteiger partial charge >= 0.3 is 0 Å². The molecule has 0 spiro atoms. The molecular formula is C16H24N4O2. The first-order valence-corrected chi connectivity index (χ1v) is 7.95. The lowest BCUT2D eigenvalue weighted by atomic mass is 9.89. The third-order valence-electron chi connectivity index (χ3n) is 4.63. The molecule has 2 aliphatic rings. The van der Waals surface area contributed by atoms with Crippen molar-refractivity contribution in [2.24, 2.45) is 5.73 Å². The van der Waals surface area contributed by atoms with E-state index in [4.69, 9.17) is 10.5 Å². The number of rotatable bonds is 3. The molecule has 6 heteroatoms. The summed E-state index contributed by atoms with van der Waals surface area (Å²) in [5.74, 6) is 0.0966. The predicted octanol–water partition coefficient (Wildman–Crippen LogP) is 0.234. The second kappa shape index (κ2) is 6.73. The third-order valence-corrected chi connectivity index (χ3v) is 4.63. The van der Waals surface area contributed by atoms with Gasteiger partial charge in [0.1, 0.15) is 0 Å². The number of aromatic nitrogens is 1. The zero-order chi connectivity index (χ0) is 15.4. The van der Waals surface area contributed by atoms with E-state index in [0.717, 1.165) is 32.7 Å². The Labute approximate surface area is 131 Å². The molecule has 1 aromatic rings. The van der Waals surface area contributed by atoms with Crippen LogP contribution in [0.4, 0.5) is 0 Å². The minimum atomic E-state index is -0.717. The highest BCUT2D eigenvalue weighted by atomic mass is 16.5. The summed E-state index contributed by atoms with van der Waals surface area (Å²) < 4.78 is 5.32. The van der Waals surface area contributed by atoms with Crippen LogP contribution in [-0.4, -0.2) is 65.6 Å². The van der Waals surface area contributed by atoms with Crippen molar-refractivity contribution in [1.82, 2.24) is 14.8 Å². The van der Waals surface area contributed by atoms with Crippen LogP contribution in [0.25, 0.3) is 0 Å². The number of nitrogens with zero attached hydrogens (tertiary/aromatic N) is 3. The summed E-state index contributed by atoms with van der Waals surface area (Å²) in [5.41, 5.74) is 6.84. The van der Waals surface area contributed by atoms with Crippen LogP contribution in [0.5, 0.6) is 0 Å². The number of nitrogens with two attached hydrogens (primary N) is 1. The fourth-order valence-corrected chi connectivity index (χ4v) is 3.12. The number of carbonyl (C=O) groups is 1.